The maximum atomic E-state index is 12.8. The number of carboxylic acid groups (broad SMARTS) is 1. The number of carbonyl (C=O) groups excluding carboxylic acids is 8. The van der Waals surface area contributed by atoms with E-state index >= 15 is 0 Å². The van der Waals surface area contributed by atoms with Crippen molar-refractivity contribution in [2.45, 2.75) is 50.4 Å². The van der Waals surface area contributed by atoms with Crippen LogP contribution in [0.25, 0.3) is 23.8 Å². The Morgan fingerprint density at radius 1 is 0.457 bits per heavy atom. The van der Waals surface area contributed by atoms with Gasteiger partial charge in [-0.05, 0) is 54.3 Å². The summed E-state index contributed by atoms with van der Waals surface area (Å²) in [6.45, 7) is 2.00. The molecular weight excluding hydrogens is 1450 g/mol. The number of rotatable bonds is 23. The van der Waals surface area contributed by atoms with E-state index in [0.717, 1.165) is 30.7 Å². The van der Waals surface area contributed by atoms with Crippen LogP contribution < -0.4 is 52.4 Å². The van der Waals surface area contributed by atoms with Crippen LogP contribution in [-0.4, -0.2) is 184 Å². The van der Waals surface area contributed by atoms with E-state index in [4.69, 9.17) is 79.2 Å². The van der Waals surface area contributed by atoms with Crippen LogP contribution in [0.1, 0.15) is 65.6 Å². The van der Waals surface area contributed by atoms with E-state index in [-0.39, 0.29) is 116 Å². The van der Waals surface area contributed by atoms with Crippen LogP contribution in [0.2, 0.25) is 20.6 Å². The predicted molar refractivity (Wildman–Crippen MR) is 370 cm³/mol. The fourth-order valence-electron chi connectivity index (χ4n) is 8.58. The summed E-state index contributed by atoms with van der Waals surface area (Å²) in [7, 11) is 0. The molecule has 36 nitrogen and oxygen atoms in total. The second kappa shape index (κ2) is 42.5. The molecule has 540 valence electrons. The third kappa shape index (κ3) is 25.5. The van der Waals surface area contributed by atoms with Gasteiger partial charge in [-0.15, -0.1) is 0 Å². The minimum Gasteiger partial charge on any atom is -0.870 e. The number of halogens is 4. The van der Waals surface area contributed by atoms with Gasteiger partial charge in [0.15, 0.2) is 32.0 Å². The van der Waals surface area contributed by atoms with Crippen LogP contribution in [0, 0.1) is 0 Å². The number of aromatic nitrogens is 16. The SMILES string of the molecule is CCOC(=O)c1cc(Cl)nn1-c1ncccn1.NC(=O)C(=O)C(Cc1ccccc1)NC(=O)c1cc(Cl)nn1-c1ncccn1.NC(=O)C(=O)C(Cc1ccccc1)NC(=O)c1cc(Cl)nn1-c1ncccn1.NC(=O)C(O)C(N)Cc1ccccc1.O.O=C(O)c1cc(Cl)nn1-c1ncccn1.[Li+].[OH-]. The molecule has 0 saturated carbocycles. The number of esters is 1. The average molecular weight is 1510 g/mol. The molecule has 0 aliphatic carbocycles. The zero-order valence-electron chi connectivity index (χ0n) is 54.9. The summed E-state index contributed by atoms with van der Waals surface area (Å²) in [6.07, 6.45) is 11.3. The molecule has 8 heterocycles. The molecule has 0 spiro atoms. The Bertz CT molecular complexity index is 4490. The van der Waals surface area contributed by atoms with Crippen molar-refractivity contribution in [2.24, 2.45) is 22.9 Å². The Balaban J connectivity index is 0.000000284. The minimum absolute atomic E-state index is 0. The molecule has 0 fully saturated rings. The molecule has 105 heavy (non-hydrogen) atoms. The Morgan fingerprint density at radius 2 is 0.733 bits per heavy atom. The first-order valence-electron chi connectivity index (χ1n) is 29.6. The van der Waals surface area contributed by atoms with Crippen LogP contribution in [0.4, 0.5) is 0 Å². The van der Waals surface area contributed by atoms with Crippen molar-refractivity contribution in [3.05, 3.63) is 249 Å². The van der Waals surface area contributed by atoms with Crippen LogP contribution in [0.15, 0.2) is 189 Å². The first kappa shape index (κ1) is 85.5. The zero-order chi connectivity index (χ0) is 73.8. The summed E-state index contributed by atoms with van der Waals surface area (Å²) in [4.78, 5) is 138. The van der Waals surface area contributed by atoms with Gasteiger partial charge in [-0.25, -0.2) is 49.5 Å². The molecule has 15 N–H and O–H groups in total. The molecule has 4 unspecified atom stereocenters. The Hall–Kier alpha value is -12.0. The van der Waals surface area contributed by atoms with E-state index in [1.165, 1.54) is 66.1 Å². The number of nitrogens with one attached hydrogen (secondary N) is 2. The van der Waals surface area contributed by atoms with Gasteiger partial charge < -0.3 is 59.5 Å². The number of hydrogen-bond donors (Lipinski definition) is 8. The Labute approximate surface area is 626 Å². The summed E-state index contributed by atoms with van der Waals surface area (Å²) >= 11 is 23.2. The molecule has 0 radical (unpaired) electrons. The summed E-state index contributed by atoms with van der Waals surface area (Å²) in [5.74, 6) is -7.21. The number of nitrogens with two attached hydrogens (primary N) is 4. The number of hydrogen-bond acceptors (Lipinski definition) is 25. The predicted octanol–water partition coefficient (Wildman–Crippen LogP) is -0.666. The summed E-state index contributed by atoms with van der Waals surface area (Å²) < 4.78 is 9.50. The largest absolute Gasteiger partial charge is 1.00 e. The zero-order valence-corrected chi connectivity index (χ0v) is 58.0. The van der Waals surface area contributed by atoms with Crippen molar-refractivity contribution in [2.75, 3.05) is 6.61 Å². The molecule has 5 amide bonds. The standard InChI is InChI=1S/2C18H15ClN6O3.C10H9ClN4O2.C10H14N2O2.C8H5ClN4O2.Li.2H2O/c2*19-14-10-13(25(24-14)18-21-7-4-8-22-18)17(28)23-12(15(26)16(20)27)9-11-5-2-1-3-6-11;1-2-17-9(16)7-6-8(11)14-15(7)10-12-4-3-5-13-10;11-8(9(13)10(12)14)6-7-4-2-1-3-5-7;9-6-4-5(7(14)15)13(12-6)8-10-2-1-3-11-8;;;/h2*1-8,10,12H,9H2,(H2,20,27)(H,23,28);3-6H,2H2,1H3;1-5,8-9,13H,6,11H2,(H2,12,14);1-4H,(H,14,15);;2*1H2/q;;;;;+1;;/p-1. The molecule has 11 aromatic rings. The molecular formula is C64H61Cl4LiN22O14. The Kier molecular flexibility index (Phi) is 34.6. The number of amides is 5. The number of nitrogens with zero attached hydrogens (tertiary/aromatic N) is 16. The molecule has 0 saturated heterocycles. The number of aliphatic hydroxyl groups is 1. The van der Waals surface area contributed by atoms with E-state index in [0.29, 0.717) is 6.42 Å². The summed E-state index contributed by atoms with van der Waals surface area (Å²) in [5, 5.41) is 39.2. The first-order valence-corrected chi connectivity index (χ1v) is 31.1. The van der Waals surface area contributed by atoms with Crippen molar-refractivity contribution in [1.82, 2.24) is 89.6 Å². The topological polar surface area (TPSA) is 567 Å². The number of primary amides is 3. The second-order valence-corrected chi connectivity index (χ2v) is 21.9. The van der Waals surface area contributed by atoms with Gasteiger partial charge in [0.05, 0.1) is 6.61 Å². The van der Waals surface area contributed by atoms with E-state index in [9.17, 15) is 48.3 Å². The molecule has 0 bridgehead atoms. The van der Waals surface area contributed by atoms with E-state index in [1.54, 1.807) is 92.1 Å². The van der Waals surface area contributed by atoms with E-state index < -0.39 is 77.3 Å². The fourth-order valence-corrected chi connectivity index (χ4v) is 9.30. The van der Waals surface area contributed by atoms with Crippen molar-refractivity contribution in [3.63, 3.8) is 0 Å². The maximum absolute atomic E-state index is 12.8. The van der Waals surface area contributed by atoms with Crippen LogP contribution in [0.5, 0.6) is 0 Å². The summed E-state index contributed by atoms with van der Waals surface area (Å²) in [5.41, 5.74) is 23.4. The summed E-state index contributed by atoms with van der Waals surface area (Å²) in [6, 6.07) is 36.1. The van der Waals surface area contributed by atoms with Gasteiger partial charge in [0.1, 0.15) is 29.6 Å². The molecule has 8 aromatic heterocycles. The van der Waals surface area contributed by atoms with Gasteiger partial charge in [-0.3, -0.25) is 33.6 Å². The number of carboxylic acids is 1. The van der Waals surface area contributed by atoms with Crippen molar-refractivity contribution in [1.29, 1.82) is 0 Å². The number of ketones is 2. The van der Waals surface area contributed by atoms with Gasteiger partial charge >= 0.3 is 30.8 Å². The van der Waals surface area contributed by atoms with Gasteiger partial charge in [0.2, 0.25) is 17.5 Å². The number of aliphatic hydroxyl groups excluding tert-OH is 1. The molecule has 0 aliphatic heterocycles. The quantitative estimate of drug-likeness (QED) is 0.0224. The molecule has 3 aromatic carbocycles. The number of benzene rings is 3. The smallest absolute Gasteiger partial charge is 0.870 e. The van der Waals surface area contributed by atoms with Gasteiger partial charge in [0.25, 0.3) is 47.4 Å². The normalized spacial score (nSPS) is 11.3. The number of aromatic carboxylic acids is 1. The van der Waals surface area contributed by atoms with Gasteiger partial charge in [-0.1, -0.05) is 137 Å². The molecule has 11 rings (SSSR count). The van der Waals surface area contributed by atoms with Gasteiger partial charge in [-0.2, -0.15) is 39.1 Å². The Morgan fingerprint density at radius 3 is 1.02 bits per heavy atom. The average Bonchev–Trinajstić information content (AvgIpc) is 1.72. The van der Waals surface area contributed by atoms with Crippen LogP contribution >= 0.6 is 46.4 Å². The van der Waals surface area contributed by atoms with Gasteiger partial charge in [0, 0.05) is 92.7 Å². The third-order valence-electron chi connectivity index (χ3n) is 13.2. The van der Waals surface area contributed by atoms with Crippen molar-refractivity contribution < 1.29 is 87.9 Å². The third-order valence-corrected chi connectivity index (χ3v) is 13.9. The molecule has 4 atom stereocenters. The van der Waals surface area contributed by atoms with E-state index in [2.05, 4.69) is 70.9 Å². The number of Topliss-reactive ketones (excluding diaryl/α,β-unsaturated/α-hetero) is 2. The maximum Gasteiger partial charge on any atom is 1.00 e. The second-order valence-electron chi connectivity index (χ2n) is 20.4. The van der Waals surface area contributed by atoms with Crippen molar-refractivity contribution >= 4 is 99.4 Å². The van der Waals surface area contributed by atoms with Crippen LogP contribution in [-0.2, 0) is 48.0 Å². The van der Waals surface area contributed by atoms with Crippen LogP contribution in [0.3, 0.4) is 0 Å². The fraction of sp³-hybridized carbons (Fsp3) is 0.141. The monoisotopic (exact) mass is 1510 g/mol. The molecule has 0 aliphatic rings. The minimum atomic E-state index is -1.28. The van der Waals surface area contributed by atoms with Crippen molar-refractivity contribution in [3.8, 4) is 23.8 Å². The first-order chi connectivity index (χ1) is 48.9. The van der Waals surface area contributed by atoms with E-state index in [1.807, 2.05) is 42.5 Å². The molecule has 41 heteroatoms. The number of carbonyl (C=O) groups is 9. The number of ether oxygens (including phenoxy) is 1.